The van der Waals surface area contributed by atoms with Crippen molar-refractivity contribution in [3.05, 3.63) is 16.1 Å². The molecule has 0 aromatic carbocycles. The summed E-state index contributed by atoms with van der Waals surface area (Å²) < 4.78 is 5.35. The quantitative estimate of drug-likeness (QED) is 0.770. The second kappa shape index (κ2) is 7.68. The van der Waals surface area contributed by atoms with Gasteiger partial charge in [-0.3, -0.25) is 9.69 Å². The predicted octanol–water partition coefficient (Wildman–Crippen LogP) is 0.396. The highest BCUT2D eigenvalue weighted by Crippen LogP contribution is 2.13. The van der Waals surface area contributed by atoms with Crippen molar-refractivity contribution in [3.63, 3.8) is 0 Å². The number of carbonyl (C=O) groups excluding carboxylic acids is 1. The van der Waals surface area contributed by atoms with Gasteiger partial charge in [-0.2, -0.15) is 0 Å². The monoisotopic (exact) mass is 298 g/mol. The molecule has 7 heteroatoms. The summed E-state index contributed by atoms with van der Waals surface area (Å²) in [4.78, 5) is 20.7. The Morgan fingerprint density at radius 1 is 1.45 bits per heavy atom. The second-order valence-corrected chi connectivity index (χ2v) is 5.60. The van der Waals surface area contributed by atoms with E-state index in [0.717, 1.165) is 50.9 Å². The average Bonchev–Trinajstić information content (AvgIpc) is 2.96. The Morgan fingerprint density at radius 3 is 2.80 bits per heavy atom. The molecular weight excluding hydrogens is 276 g/mol. The van der Waals surface area contributed by atoms with Crippen molar-refractivity contribution >= 4 is 17.2 Å². The van der Waals surface area contributed by atoms with Gasteiger partial charge in [-0.25, -0.2) is 4.98 Å². The molecule has 0 atom stereocenters. The normalized spacial score (nSPS) is 16.6. The number of amides is 1. The summed E-state index contributed by atoms with van der Waals surface area (Å²) in [5, 5.41) is 2.61. The van der Waals surface area contributed by atoms with Crippen LogP contribution in [0.5, 0.6) is 0 Å². The Hall–Kier alpha value is -1.02. The summed E-state index contributed by atoms with van der Waals surface area (Å²) in [5.41, 5.74) is 6.05. The van der Waals surface area contributed by atoms with Crippen molar-refractivity contribution in [2.75, 3.05) is 45.9 Å². The smallest absolute Gasteiger partial charge is 0.273 e. The van der Waals surface area contributed by atoms with Gasteiger partial charge in [0.2, 0.25) is 0 Å². The van der Waals surface area contributed by atoms with Gasteiger partial charge in [-0.05, 0) is 6.92 Å². The summed E-state index contributed by atoms with van der Waals surface area (Å²) >= 11 is 1.45. The van der Waals surface area contributed by atoms with Crippen LogP contribution in [0.25, 0.3) is 0 Å². The van der Waals surface area contributed by atoms with Crippen molar-refractivity contribution in [1.82, 2.24) is 14.8 Å². The number of piperazine rings is 1. The fourth-order valence-electron chi connectivity index (χ4n) is 2.18. The molecule has 0 unspecified atom stereocenters. The molecule has 2 rings (SSSR count). The van der Waals surface area contributed by atoms with Gasteiger partial charge in [0.1, 0.15) is 10.7 Å². The van der Waals surface area contributed by atoms with E-state index in [2.05, 4.69) is 9.88 Å². The number of hydrogen-bond donors (Lipinski definition) is 1. The maximum absolute atomic E-state index is 12.3. The molecule has 1 aromatic heterocycles. The summed E-state index contributed by atoms with van der Waals surface area (Å²) in [6, 6.07) is 0. The van der Waals surface area contributed by atoms with Crippen LogP contribution in [0, 0.1) is 0 Å². The van der Waals surface area contributed by atoms with Gasteiger partial charge in [0.05, 0.1) is 6.61 Å². The lowest BCUT2D eigenvalue weighted by atomic mass is 10.3. The van der Waals surface area contributed by atoms with Crippen LogP contribution in [0.1, 0.15) is 22.4 Å². The fourth-order valence-corrected chi connectivity index (χ4v) is 2.83. The summed E-state index contributed by atoms with van der Waals surface area (Å²) in [6.45, 7) is 8.13. The zero-order chi connectivity index (χ0) is 14.4. The van der Waals surface area contributed by atoms with E-state index in [1.54, 1.807) is 5.38 Å². The van der Waals surface area contributed by atoms with E-state index >= 15 is 0 Å². The third-order valence-electron chi connectivity index (χ3n) is 3.36. The van der Waals surface area contributed by atoms with E-state index in [4.69, 9.17) is 10.5 Å². The Morgan fingerprint density at radius 2 is 2.20 bits per heavy atom. The molecule has 112 valence electrons. The maximum Gasteiger partial charge on any atom is 0.273 e. The molecule has 0 spiro atoms. The summed E-state index contributed by atoms with van der Waals surface area (Å²) in [5.74, 6) is 0.0189. The van der Waals surface area contributed by atoms with Crippen LogP contribution in [-0.2, 0) is 11.3 Å². The Kier molecular flexibility index (Phi) is 5.90. The molecule has 2 heterocycles. The lowest BCUT2D eigenvalue weighted by molar-refractivity contribution is 0.0560. The van der Waals surface area contributed by atoms with E-state index in [1.807, 2.05) is 11.8 Å². The molecule has 0 aliphatic carbocycles. The Bertz CT molecular complexity index is 430. The van der Waals surface area contributed by atoms with Gasteiger partial charge in [-0.1, -0.05) is 0 Å². The van der Waals surface area contributed by atoms with Gasteiger partial charge in [0.25, 0.3) is 5.91 Å². The van der Waals surface area contributed by atoms with Gasteiger partial charge in [0.15, 0.2) is 0 Å². The van der Waals surface area contributed by atoms with Gasteiger partial charge in [0, 0.05) is 51.3 Å². The third kappa shape index (κ3) is 3.99. The van der Waals surface area contributed by atoms with Crippen molar-refractivity contribution in [1.29, 1.82) is 0 Å². The first kappa shape index (κ1) is 15.4. The van der Waals surface area contributed by atoms with Crippen LogP contribution >= 0.6 is 11.3 Å². The number of carbonyl (C=O) groups is 1. The van der Waals surface area contributed by atoms with Crippen molar-refractivity contribution < 1.29 is 9.53 Å². The van der Waals surface area contributed by atoms with Crippen LogP contribution in [0.3, 0.4) is 0 Å². The third-order valence-corrected chi connectivity index (χ3v) is 4.23. The largest absolute Gasteiger partial charge is 0.380 e. The van der Waals surface area contributed by atoms with Crippen LogP contribution in [0.4, 0.5) is 0 Å². The number of thiazole rings is 1. The SMILES string of the molecule is CCOCCN1CCN(C(=O)c2csc(CN)n2)CC1. The van der Waals surface area contributed by atoms with E-state index in [9.17, 15) is 4.79 Å². The van der Waals surface area contributed by atoms with Crippen LogP contribution in [-0.4, -0.2) is 66.6 Å². The Labute approximate surface area is 123 Å². The molecule has 1 aliphatic heterocycles. The standard InChI is InChI=1S/C13H22N4O2S/c1-2-19-8-7-16-3-5-17(6-4-16)13(18)11-10-20-12(9-14)15-11/h10H,2-9,14H2,1H3. The number of hydrogen-bond acceptors (Lipinski definition) is 6. The molecule has 0 saturated carbocycles. The molecule has 1 aliphatic rings. The van der Waals surface area contributed by atoms with Crippen molar-refractivity contribution in [3.8, 4) is 0 Å². The zero-order valence-corrected chi connectivity index (χ0v) is 12.7. The van der Waals surface area contributed by atoms with Crippen molar-refractivity contribution in [2.24, 2.45) is 5.73 Å². The fraction of sp³-hybridized carbons (Fsp3) is 0.692. The summed E-state index contributed by atoms with van der Waals surface area (Å²) in [7, 11) is 0. The zero-order valence-electron chi connectivity index (χ0n) is 11.9. The second-order valence-electron chi connectivity index (χ2n) is 4.66. The topological polar surface area (TPSA) is 71.7 Å². The number of ether oxygens (including phenoxy) is 1. The Balaban J connectivity index is 1.79. The molecular formula is C13H22N4O2S. The first-order chi connectivity index (χ1) is 9.74. The number of nitrogens with two attached hydrogens (primary N) is 1. The predicted molar refractivity (Wildman–Crippen MR) is 78.8 cm³/mol. The minimum atomic E-state index is 0.0189. The average molecular weight is 298 g/mol. The lowest BCUT2D eigenvalue weighted by Gasteiger charge is -2.34. The minimum Gasteiger partial charge on any atom is -0.380 e. The number of aromatic nitrogens is 1. The van der Waals surface area contributed by atoms with E-state index in [0.29, 0.717) is 12.2 Å². The molecule has 0 bridgehead atoms. The summed E-state index contributed by atoms with van der Waals surface area (Å²) in [6.07, 6.45) is 0. The molecule has 1 aromatic rings. The number of rotatable bonds is 6. The van der Waals surface area contributed by atoms with Crippen LogP contribution in [0.15, 0.2) is 5.38 Å². The molecule has 2 N–H and O–H groups in total. The first-order valence-electron chi connectivity index (χ1n) is 6.98. The van der Waals surface area contributed by atoms with Crippen LogP contribution in [0.2, 0.25) is 0 Å². The van der Waals surface area contributed by atoms with E-state index in [-0.39, 0.29) is 5.91 Å². The number of nitrogens with zero attached hydrogens (tertiary/aromatic N) is 3. The molecule has 1 saturated heterocycles. The highest BCUT2D eigenvalue weighted by Gasteiger charge is 2.23. The van der Waals surface area contributed by atoms with Gasteiger partial charge < -0.3 is 15.4 Å². The lowest BCUT2D eigenvalue weighted by Crippen LogP contribution is -2.49. The first-order valence-corrected chi connectivity index (χ1v) is 7.86. The minimum absolute atomic E-state index is 0.0189. The molecule has 6 nitrogen and oxygen atoms in total. The van der Waals surface area contributed by atoms with E-state index < -0.39 is 0 Å². The van der Waals surface area contributed by atoms with Crippen molar-refractivity contribution in [2.45, 2.75) is 13.5 Å². The van der Waals surface area contributed by atoms with Crippen LogP contribution < -0.4 is 5.73 Å². The molecule has 0 radical (unpaired) electrons. The molecule has 20 heavy (non-hydrogen) atoms. The maximum atomic E-state index is 12.3. The van der Waals surface area contributed by atoms with Gasteiger partial charge in [-0.15, -0.1) is 11.3 Å². The highest BCUT2D eigenvalue weighted by atomic mass is 32.1. The molecule has 1 fully saturated rings. The van der Waals surface area contributed by atoms with E-state index in [1.165, 1.54) is 11.3 Å². The highest BCUT2D eigenvalue weighted by molar-refractivity contribution is 7.09. The molecule has 1 amide bonds. The van der Waals surface area contributed by atoms with Gasteiger partial charge >= 0.3 is 0 Å².